The number of unbranched alkanes of at least 4 members (excludes halogenated alkanes) is 10. The van der Waals surface area contributed by atoms with Crippen LogP contribution < -0.4 is 0 Å². The van der Waals surface area contributed by atoms with Crippen LogP contribution >= 0.6 is 0 Å². The molecule has 1 aliphatic carbocycles. The van der Waals surface area contributed by atoms with Gasteiger partial charge in [0.1, 0.15) is 0 Å². The fourth-order valence-corrected chi connectivity index (χ4v) is 12.6. The van der Waals surface area contributed by atoms with E-state index >= 15 is 0 Å². The summed E-state index contributed by atoms with van der Waals surface area (Å²) in [4.78, 5) is 0. The van der Waals surface area contributed by atoms with E-state index in [2.05, 4.69) is 224 Å². The first kappa shape index (κ1) is 48.7. The molecule has 2 nitrogen and oxygen atoms in total. The van der Waals surface area contributed by atoms with Crippen LogP contribution in [0.1, 0.15) is 138 Å². The zero-order chi connectivity index (χ0) is 50.6. The molecular weight excluding hydrogens is 893 g/mol. The Bertz CT molecular complexity index is 3780. The van der Waals surface area contributed by atoms with E-state index in [1.54, 1.807) is 11.1 Å². The first-order chi connectivity index (χ1) is 36.4. The van der Waals surface area contributed by atoms with Crippen LogP contribution in [0.3, 0.4) is 0 Å². The maximum atomic E-state index is 3.16. The summed E-state index contributed by atoms with van der Waals surface area (Å²) in [6.45, 7) is 11.0. The molecule has 0 radical (unpaired) electrons. The molecule has 368 valence electrons. The summed E-state index contributed by atoms with van der Waals surface area (Å²) in [7, 11) is 0. The second kappa shape index (κ2) is 21.5. The van der Waals surface area contributed by atoms with Gasteiger partial charge in [-0.15, -0.1) is 0 Å². The van der Waals surface area contributed by atoms with Crippen LogP contribution in [0, 0.1) is 37.5 Å². The van der Waals surface area contributed by atoms with Gasteiger partial charge in [-0.25, -0.2) is 0 Å². The van der Waals surface area contributed by atoms with E-state index in [0.717, 1.165) is 16.9 Å². The first-order valence-electron chi connectivity index (χ1n) is 27.9. The summed E-state index contributed by atoms with van der Waals surface area (Å²) in [6, 6.07) is 62.4. The molecule has 0 fully saturated rings. The highest BCUT2D eigenvalue weighted by Gasteiger charge is 2.42. The Morgan fingerprint density at radius 2 is 0.851 bits per heavy atom. The Kier molecular flexibility index (Phi) is 14.2. The molecule has 74 heavy (non-hydrogen) atoms. The third-order valence-electron chi connectivity index (χ3n) is 16.3. The molecule has 8 aromatic carbocycles. The summed E-state index contributed by atoms with van der Waals surface area (Å²) < 4.78 is 4.83. The largest absolute Gasteiger partial charge is 0.309 e. The number of fused-ring (bicyclic) bond motifs is 9. The summed E-state index contributed by atoms with van der Waals surface area (Å²) in [5.41, 5.74) is 21.8. The third-order valence-corrected chi connectivity index (χ3v) is 16.3. The van der Waals surface area contributed by atoms with Gasteiger partial charge in [-0.2, -0.15) is 0 Å². The molecule has 2 aromatic heterocycles. The Hall–Kier alpha value is -7.52. The monoisotopic (exact) mass is 963 g/mol. The molecule has 1 aliphatic rings. The summed E-state index contributed by atoms with van der Waals surface area (Å²) in [5.74, 6) is 11.8. The lowest BCUT2D eigenvalue weighted by atomic mass is 9.70. The van der Waals surface area contributed by atoms with Crippen molar-refractivity contribution in [3.05, 3.63) is 192 Å². The molecule has 0 saturated heterocycles. The quantitative estimate of drug-likeness (QED) is 0.0599. The van der Waals surface area contributed by atoms with Gasteiger partial charge in [0.05, 0.1) is 22.1 Å². The molecular formula is C72H70N2. The van der Waals surface area contributed by atoms with Crippen molar-refractivity contribution in [1.29, 1.82) is 0 Å². The summed E-state index contributed by atoms with van der Waals surface area (Å²) >= 11 is 0. The second-order valence-corrected chi connectivity index (χ2v) is 21.3. The number of benzene rings is 8. The average Bonchev–Trinajstić information content (AvgIpc) is 4.04. The molecule has 11 rings (SSSR count). The second-order valence-electron chi connectivity index (χ2n) is 21.3. The molecule has 0 atom stereocenters. The normalized spacial score (nSPS) is 12.5. The van der Waals surface area contributed by atoms with Crippen LogP contribution in [-0.4, -0.2) is 9.13 Å². The van der Waals surface area contributed by atoms with Crippen LogP contribution in [0.5, 0.6) is 0 Å². The van der Waals surface area contributed by atoms with Crippen molar-refractivity contribution in [2.24, 2.45) is 0 Å². The van der Waals surface area contributed by atoms with Crippen molar-refractivity contribution in [3.8, 4) is 68.4 Å². The first-order valence-corrected chi connectivity index (χ1v) is 27.9. The van der Waals surface area contributed by atoms with Crippen molar-refractivity contribution < 1.29 is 0 Å². The predicted molar refractivity (Wildman–Crippen MR) is 318 cm³/mol. The maximum absolute atomic E-state index is 3.16. The number of aryl methyl sites for hydroxylation is 2. The molecule has 0 aliphatic heterocycles. The molecule has 0 amide bonds. The SMILES string of the molecule is CC#CC#Cc1ccc(-n2c3ccccc3c3cc(-c4ccc(-n5c6ccc(C)cc6c6cc(-c7ccc8c(c7)C(CCCCCCCC)(CCCCCCCC)c7cc(C)ccc7-8)ccc65)cc4)ccc32)cc1. The van der Waals surface area contributed by atoms with Gasteiger partial charge < -0.3 is 9.13 Å². The van der Waals surface area contributed by atoms with E-state index in [-0.39, 0.29) is 5.41 Å². The van der Waals surface area contributed by atoms with E-state index in [9.17, 15) is 0 Å². The number of nitrogens with zero attached hydrogens (tertiary/aromatic N) is 2. The van der Waals surface area contributed by atoms with E-state index in [1.165, 1.54) is 178 Å². The lowest BCUT2D eigenvalue weighted by Gasteiger charge is -2.33. The fourth-order valence-electron chi connectivity index (χ4n) is 12.6. The highest BCUT2D eigenvalue weighted by molar-refractivity contribution is 6.12. The van der Waals surface area contributed by atoms with Crippen LogP contribution in [0.4, 0.5) is 0 Å². The van der Waals surface area contributed by atoms with Crippen molar-refractivity contribution >= 4 is 43.6 Å². The van der Waals surface area contributed by atoms with Crippen molar-refractivity contribution in [1.82, 2.24) is 9.13 Å². The topological polar surface area (TPSA) is 9.86 Å². The van der Waals surface area contributed by atoms with E-state index in [0.29, 0.717) is 0 Å². The maximum Gasteiger partial charge on any atom is 0.0541 e. The smallest absolute Gasteiger partial charge is 0.0541 e. The molecule has 10 aromatic rings. The molecule has 0 bridgehead atoms. The van der Waals surface area contributed by atoms with Crippen LogP contribution in [0.2, 0.25) is 0 Å². The van der Waals surface area contributed by atoms with Gasteiger partial charge in [-0.3, -0.25) is 0 Å². The standard InChI is InChI=1S/C72H70N2/c1-6-9-12-14-16-21-44-72(45-22-17-15-13-10-7-2)66-47-52(5)26-39-60(66)61-40-32-57(50-67(61)72)56-34-43-71-65(49-56)63-46-51(4)27-41-69(63)74(71)59-37-30-54(31-38-59)55-33-42-70-64(48-55)62-24-19-20-25-68(62)73(70)58-35-28-53(29-36-58)23-18-11-8-3/h19-20,24-43,46-50H,6-7,9-10,12-17,21-22,44-45H2,1-5H3. The van der Waals surface area contributed by atoms with Crippen LogP contribution in [0.15, 0.2) is 164 Å². The third kappa shape index (κ3) is 9.26. The van der Waals surface area contributed by atoms with E-state index in [1.807, 2.05) is 6.92 Å². The van der Waals surface area contributed by atoms with E-state index in [4.69, 9.17) is 0 Å². The summed E-state index contributed by atoms with van der Waals surface area (Å²) in [6.07, 6.45) is 18.4. The zero-order valence-corrected chi connectivity index (χ0v) is 44.4. The number of para-hydroxylation sites is 1. The van der Waals surface area contributed by atoms with E-state index < -0.39 is 0 Å². The van der Waals surface area contributed by atoms with Gasteiger partial charge in [0.2, 0.25) is 0 Å². The van der Waals surface area contributed by atoms with Crippen LogP contribution in [0.25, 0.3) is 88.4 Å². The van der Waals surface area contributed by atoms with Crippen molar-refractivity contribution in [2.45, 2.75) is 130 Å². The van der Waals surface area contributed by atoms with Gasteiger partial charge in [-0.05, 0) is 175 Å². The van der Waals surface area contributed by atoms with Gasteiger partial charge in [0.15, 0.2) is 0 Å². The highest BCUT2D eigenvalue weighted by Crippen LogP contribution is 2.55. The molecule has 0 unspecified atom stereocenters. The fraction of sp³-hybridized carbons (Fsp3) is 0.278. The molecule has 2 heterocycles. The lowest BCUT2D eigenvalue weighted by Crippen LogP contribution is -2.25. The van der Waals surface area contributed by atoms with Gasteiger partial charge >= 0.3 is 0 Å². The average molecular weight is 963 g/mol. The number of hydrogen-bond donors (Lipinski definition) is 0. The molecule has 0 saturated carbocycles. The van der Waals surface area contributed by atoms with Crippen molar-refractivity contribution in [3.63, 3.8) is 0 Å². The number of hydrogen-bond acceptors (Lipinski definition) is 0. The highest BCUT2D eigenvalue weighted by atomic mass is 15.0. The minimum atomic E-state index is 0.0453. The lowest BCUT2D eigenvalue weighted by molar-refractivity contribution is 0.398. The Morgan fingerprint density at radius 1 is 0.392 bits per heavy atom. The zero-order valence-electron chi connectivity index (χ0n) is 44.4. The molecule has 0 spiro atoms. The predicted octanol–water partition coefficient (Wildman–Crippen LogP) is 20.0. The Balaban J connectivity index is 0.939. The summed E-state index contributed by atoms with van der Waals surface area (Å²) in [5, 5.41) is 5.07. The molecule has 2 heteroatoms. The minimum absolute atomic E-state index is 0.0453. The number of rotatable bonds is 18. The van der Waals surface area contributed by atoms with Crippen LogP contribution in [-0.2, 0) is 5.41 Å². The number of aromatic nitrogens is 2. The van der Waals surface area contributed by atoms with Gasteiger partial charge in [-0.1, -0.05) is 193 Å². The molecule has 0 N–H and O–H groups in total. The van der Waals surface area contributed by atoms with Gasteiger partial charge in [0.25, 0.3) is 0 Å². The van der Waals surface area contributed by atoms with Gasteiger partial charge in [0, 0.05) is 43.9 Å². The Labute approximate surface area is 440 Å². The minimum Gasteiger partial charge on any atom is -0.309 e. The van der Waals surface area contributed by atoms with Crippen molar-refractivity contribution in [2.75, 3.05) is 0 Å². The Morgan fingerprint density at radius 3 is 1.50 bits per heavy atom.